The van der Waals surface area contributed by atoms with Gasteiger partial charge in [-0.15, -0.1) is 0 Å². The summed E-state index contributed by atoms with van der Waals surface area (Å²) < 4.78 is 46.9. The summed E-state index contributed by atoms with van der Waals surface area (Å²) in [5.74, 6) is 2.48. The van der Waals surface area contributed by atoms with Gasteiger partial charge in [0.2, 0.25) is 0 Å². The van der Waals surface area contributed by atoms with Gasteiger partial charge in [-0.25, -0.2) is 0 Å². The van der Waals surface area contributed by atoms with Gasteiger partial charge in [-0.1, -0.05) is 30.9 Å². The summed E-state index contributed by atoms with van der Waals surface area (Å²) in [5.41, 5.74) is 2.60. The Kier molecular flexibility index (Phi) is 5.94. The fraction of sp³-hybridized carbons (Fsp3) is 0.364. The summed E-state index contributed by atoms with van der Waals surface area (Å²) in [6.07, 6.45) is 2.36. The summed E-state index contributed by atoms with van der Waals surface area (Å²) in [4.78, 5) is 3.28. The number of hydrogen-bond acceptors (Lipinski definition) is 3. The van der Waals surface area contributed by atoms with E-state index in [4.69, 9.17) is 4.74 Å². The van der Waals surface area contributed by atoms with Gasteiger partial charge in [0, 0.05) is 29.3 Å². The standard InChI is InChI=1S/C22H23F3N2OS/c23-22(24,25)17-4-6-18(7-5-17)28-11-9-16-3-8-20-19(13-16)21(14-26-20)27-29-12-10-15-1-2-15/h3-8,13-15,26-27H,1-2,9-12H2. The van der Waals surface area contributed by atoms with Crippen molar-refractivity contribution in [2.45, 2.75) is 31.9 Å². The molecule has 0 bridgehead atoms. The van der Waals surface area contributed by atoms with Crippen LogP contribution < -0.4 is 9.46 Å². The SMILES string of the molecule is FC(F)(F)c1ccc(OCCc2ccc3[nH]cc(NSCCC4CC4)c3c2)cc1. The highest BCUT2D eigenvalue weighted by atomic mass is 32.2. The van der Waals surface area contributed by atoms with Crippen LogP contribution in [0.5, 0.6) is 5.75 Å². The molecular formula is C22H23F3N2OS. The molecule has 3 nitrogen and oxygen atoms in total. The molecule has 1 aromatic heterocycles. The molecule has 1 aliphatic rings. The highest BCUT2D eigenvalue weighted by Gasteiger charge is 2.30. The molecule has 1 saturated carbocycles. The van der Waals surface area contributed by atoms with Crippen molar-refractivity contribution in [3.63, 3.8) is 0 Å². The first-order valence-electron chi connectivity index (χ1n) is 9.77. The number of alkyl halides is 3. The van der Waals surface area contributed by atoms with Gasteiger partial charge in [-0.3, -0.25) is 0 Å². The van der Waals surface area contributed by atoms with Crippen LogP contribution in [0, 0.1) is 5.92 Å². The number of aromatic amines is 1. The van der Waals surface area contributed by atoms with E-state index >= 15 is 0 Å². The zero-order chi connectivity index (χ0) is 20.3. The van der Waals surface area contributed by atoms with Crippen LogP contribution in [0.25, 0.3) is 10.9 Å². The average molecular weight is 421 g/mol. The molecule has 1 fully saturated rings. The predicted octanol–water partition coefficient (Wildman–Crippen LogP) is 6.67. The second-order valence-electron chi connectivity index (χ2n) is 7.39. The minimum Gasteiger partial charge on any atom is -0.493 e. The molecule has 0 unspecified atom stereocenters. The number of H-pyrrole nitrogens is 1. The van der Waals surface area contributed by atoms with Crippen LogP contribution in [0.3, 0.4) is 0 Å². The van der Waals surface area contributed by atoms with Gasteiger partial charge in [-0.2, -0.15) is 13.2 Å². The smallest absolute Gasteiger partial charge is 0.416 e. The van der Waals surface area contributed by atoms with Crippen LogP contribution >= 0.6 is 11.9 Å². The molecule has 1 heterocycles. The van der Waals surface area contributed by atoms with Gasteiger partial charge in [-0.05, 0) is 54.3 Å². The number of fused-ring (bicyclic) bond motifs is 1. The molecule has 154 valence electrons. The van der Waals surface area contributed by atoms with Gasteiger partial charge in [0.25, 0.3) is 0 Å². The quantitative estimate of drug-likeness (QED) is 0.300. The van der Waals surface area contributed by atoms with E-state index in [1.165, 1.54) is 31.4 Å². The lowest BCUT2D eigenvalue weighted by Gasteiger charge is -2.09. The van der Waals surface area contributed by atoms with Crippen LogP contribution in [0.15, 0.2) is 48.7 Å². The second kappa shape index (κ2) is 8.61. The van der Waals surface area contributed by atoms with E-state index in [1.807, 2.05) is 18.3 Å². The summed E-state index contributed by atoms with van der Waals surface area (Å²) >= 11 is 1.74. The van der Waals surface area contributed by atoms with E-state index in [0.29, 0.717) is 18.8 Å². The maximum Gasteiger partial charge on any atom is 0.416 e. The zero-order valence-corrected chi connectivity index (χ0v) is 16.7. The fourth-order valence-electron chi connectivity index (χ4n) is 3.20. The highest BCUT2D eigenvalue weighted by molar-refractivity contribution is 8.00. The number of anilines is 1. The van der Waals surface area contributed by atoms with Crippen LogP contribution in [-0.4, -0.2) is 17.3 Å². The average Bonchev–Trinajstić information content (AvgIpc) is 3.44. The second-order valence-corrected chi connectivity index (χ2v) is 8.29. The first-order chi connectivity index (χ1) is 14.0. The van der Waals surface area contributed by atoms with Crippen LogP contribution in [0.2, 0.25) is 0 Å². The molecule has 0 radical (unpaired) electrons. The van der Waals surface area contributed by atoms with E-state index in [0.717, 1.165) is 46.0 Å². The Morgan fingerprint density at radius 3 is 2.62 bits per heavy atom. The number of ether oxygens (including phenoxy) is 1. The number of halogens is 3. The monoisotopic (exact) mass is 420 g/mol. The Morgan fingerprint density at radius 1 is 1.10 bits per heavy atom. The Balaban J connectivity index is 1.31. The van der Waals surface area contributed by atoms with Crippen molar-refractivity contribution < 1.29 is 17.9 Å². The first-order valence-corrected chi connectivity index (χ1v) is 10.8. The molecule has 1 aliphatic carbocycles. The Bertz CT molecular complexity index is 949. The lowest BCUT2D eigenvalue weighted by Crippen LogP contribution is -2.05. The Labute approximate surface area is 172 Å². The predicted molar refractivity (Wildman–Crippen MR) is 112 cm³/mol. The largest absolute Gasteiger partial charge is 0.493 e. The Morgan fingerprint density at radius 2 is 1.90 bits per heavy atom. The van der Waals surface area contributed by atoms with Crippen molar-refractivity contribution in [2.24, 2.45) is 5.92 Å². The van der Waals surface area contributed by atoms with E-state index in [1.54, 1.807) is 11.9 Å². The molecule has 0 aliphatic heterocycles. The first kappa shape index (κ1) is 20.0. The molecule has 7 heteroatoms. The molecule has 0 amide bonds. The van der Waals surface area contributed by atoms with Crippen LogP contribution in [0.4, 0.5) is 18.9 Å². The van der Waals surface area contributed by atoms with E-state index in [9.17, 15) is 13.2 Å². The van der Waals surface area contributed by atoms with Gasteiger partial charge in [0.15, 0.2) is 0 Å². The van der Waals surface area contributed by atoms with E-state index < -0.39 is 11.7 Å². The van der Waals surface area contributed by atoms with Crippen molar-refractivity contribution in [3.8, 4) is 5.75 Å². The van der Waals surface area contributed by atoms with E-state index in [2.05, 4.69) is 15.8 Å². The minimum absolute atomic E-state index is 0.403. The zero-order valence-electron chi connectivity index (χ0n) is 15.9. The lowest BCUT2D eigenvalue weighted by molar-refractivity contribution is -0.137. The summed E-state index contributed by atoms with van der Waals surface area (Å²) in [5, 5.41) is 1.14. The number of hydrogen-bond donors (Lipinski definition) is 2. The van der Waals surface area contributed by atoms with Gasteiger partial charge in [0.1, 0.15) is 5.75 Å². The number of benzene rings is 2. The van der Waals surface area contributed by atoms with Crippen molar-refractivity contribution in [1.82, 2.24) is 4.98 Å². The van der Waals surface area contributed by atoms with Gasteiger partial charge >= 0.3 is 6.18 Å². The summed E-state index contributed by atoms with van der Waals surface area (Å²) in [7, 11) is 0. The maximum absolute atomic E-state index is 12.6. The third-order valence-corrected chi connectivity index (χ3v) is 5.90. The third-order valence-electron chi connectivity index (χ3n) is 5.09. The highest BCUT2D eigenvalue weighted by Crippen LogP contribution is 2.34. The minimum atomic E-state index is -4.33. The molecule has 3 aromatic rings. The number of rotatable bonds is 9. The molecular weight excluding hydrogens is 397 g/mol. The molecule has 0 atom stereocenters. The summed E-state index contributed by atoms with van der Waals surface area (Å²) in [6.45, 7) is 0.403. The number of aromatic nitrogens is 1. The van der Waals surface area contributed by atoms with E-state index in [-0.39, 0.29) is 0 Å². The molecule has 4 rings (SSSR count). The van der Waals surface area contributed by atoms with Gasteiger partial charge in [0.05, 0.1) is 17.9 Å². The number of nitrogens with one attached hydrogen (secondary N) is 2. The summed E-state index contributed by atoms with van der Waals surface area (Å²) in [6, 6.07) is 11.0. The maximum atomic E-state index is 12.6. The van der Waals surface area contributed by atoms with Crippen LogP contribution in [0.1, 0.15) is 30.4 Å². The molecule has 2 N–H and O–H groups in total. The molecule has 2 aromatic carbocycles. The molecule has 29 heavy (non-hydrogen) atoms. The Hall–Kier alpha value is -2.28. The third kappa shape index (κ3) is 5.41. The topological polar surface area (TPSA) is 37.0 Å². The van der Waals surface area contributed by atoms with Crippen molar-refractivity contribution >= 4 is 28.5 Å². The van der Waals surface area contributed by atoms with Crippen molar-refractivity contribution in [3.05, 3.63) is 59.8 Å². The van der Waals surface area contributed by atoms with Crippen LogP contribution in [-0.2, 0) is 12.6 Å². The normalized spacial score (nSPS) is 14.3. The molecule has 0 saturated heterocycles. The molecule has 0 spiro atoms. The fourth-order valence-corrected chi connectivity index (χ4v) is 4.07. The van der Waals surface area contributed by atoms with Gasteiger partial charge < -0.3 is 14.4 Å². The lowest BCUT2D eigenvalue weighted by atomic mass is 10.1. The van der Waals surface area contributed by atoms with Crippen molar-refractivity contribution in [1.29, 1.82) is 0 Å². The van der Waals surface area contributed by atoms with Crippen molar-refractivity contribution in [2.75, 3.05) is 17.1 Å².